The fourth-order valence-corrected chi connectivity index (χ4v) is 4.37. The normalized spacial score (nSPS) is 18.1. The van der Waals surface area contributed by atoms with Crippen LogP contribution in [0.4, 0.5) is 15.9 Å². The summed E-state index contributed by atoms with van der Waals surface area (Å²) in [7, 11) is 0. The number of aromatic hydroxyl groups is 1. The highest BCUT2D eigenvalue weighted by Crippen LogP contribution is 2.39. The number of aliphatic hydroxyl groups excluding tert-OH is 1. The number of aliphatic hydroxyl groups is 1. The number of nitrogens with zero attached hydrogens (tertiary/aromatic N) is 2. The zero-order valence-corrected chi connectivity index (χ0v) is 15.2. The molecule has 1 aliphatic heterocycles. The molecule has 3 aromatic rings. The van der Waals surface area contributed by atoms with Gasteiger partial charge in [-0.15, -0.1) is 11.3 Å². The van der Waals surface area contributed by atoms with Crippen molar-refractivity contribution in [1.29, 1.82) is 0 Å². The molecule has 0 saturated carbocycles. The summed E-state index contributed by atoms with van der Waals surface area (Å²) in [5.74, 6) is -0.302. The number of fused-ring (bicyclic) bond motifs is 1. The number of hydrogen-bond donors (Lipinski definition) is 4. The van der Waals surface area contributed by atoms with E-state index in [4.69, 9.17) is 10.5 Å². The van der Waals surface area contributed by atoms with Crippen LogP contribution in [0.15, 0.2) is 24.5 Å². The van der Waals surface area contributed by atoms with Gasteiger partial charge in [0.15, 0.2) is 0 Å². The third kappa shape index (κ3) is 3.59. The van der Waals surface area contributed by atoms with Gasteiger partial charge in [0.25, 0.3) is 0 Å². The Morgan fingerprint density at radius 2 is 2.26 bits per heavy atom. The number of phenolic OH excluding ortho intramolecular Hbond substituents is 1. The van der Waals surface area contributed by atoms with Crippen molar-refractivity contribution in [2.24, 2.45) is 5.73 Å². The van der Waals surface area contributed by atoms with E-state index in [1.54, 1.807) is 0 Å². The van der Waals surface area contributed by atoms with Crippen LogP contribution in [0.5, 0.6) is 5.75 Å². The van der Waals surface area contributed by atoms with Gasteiger partial charge in [0.2, 0.25) is 0 Å². The standard InChI is InChI=1S/C18H19FN4O3S/c19-9-3-4-12(13(24)6-9)23-17-14-11(7-10-2-1-5-26-10)15(16(20)25)27-18(14)22-8-21-17/h3-4,6,8,10,16,24-25H,1-2,5,7,20H2,(H,21,22,23). The van der Waals surface area contributed by atoms with Crippen LogP contribution >= 0.6 is 11.3 Å². The summed E-state index contributed by atoms with van der Waals surface area (Å²) in [6.07, 6.45) is 2.83. The summed E-state index contributed by atoms with van der Waals surface area (Å²) in [6.45, 7) is 0.721. The van der Waals surface area contributed by atoms with Gasteiger partial charge in [-0.05, 0) is 30.5 Å². The molecule has 4 rings (SSSR count). The predicted molar refractivity (Wildman–Crippen MR) is 101 cm³/mol. The van der Waals surface area contributed by atoms with Gasteiger partial charge in [0, 0.05) is 19.1 Å². The summed E-state index contributed by atoms with van der Waals surface area (Å²) in [5.41, 5.74) is 6.93. The fraction of sp³-hybridized carbons (Fsp3) is 0.333. The maximum atomic E-state index is 13.3. The first-order valence-electron chi connectivity index (χ1n) is 8.60. The lowest BCUT2D eigenvalue weighted by Gasteiger charge is -2.14. The Balaban J connectivity index is 1.80. The van der Waals surface area contributed by atoms with Gasteiger partial charge in [-0.1, -0.05) is 0 Å². The maximum Gasteiger partial charge on any atom is 0.142 e. The Labute approximate surface area is 158 Å². The zero-order valence-electron chi connectivity index (χ0n) is 14.4. The van der Waals surface area contributed by atoms with Gasteiger partial charge in [0.1, 0.15) is 34.8 Å². The minimum Gasteiger partial charge on any atom is -0.506 e. The molecule has 1 aliphatic rings. The third-order valence-electron chi connectivity index (χ3n) is 4.56. The van der Waals surface area contributed by atoms with Crippen LogP contribution in [0, 0.1) is 5.82 Å². The largest absolute Gasteiger partial charge is 0.506 e. The first-order chi connectivity index (χ1) is 13.0. The van der Waals surface area contributed by atoms with Crippen LogP contribution in [0.1, 0.15) is 29.5 Å². The molecule has 0 amide bonds. The molecule has 0 spiro atoms. The number of rotatable bonds is 5. The van der Waals surface area contributed by atoms with Gasteiger partial charge in [-0.2, -0.15) is 0 Å². The molecule has 2 unspecified atom stereocenters. The van der Waals surface area contributed by atoms with E-state index in [9.17, 15) is 14.6 Å². The Morgan fingerprint density at radius 3 is 2.96 bits per heavy atom. The van der Waals surface area contributed by atoms with E-state index in [1.807, 2.05) is 0 Å². The lowest BCUT2D eigenvalue weighted by atomic mass is 10.0. The Kier molecular flexibility index (Phi) is 4.92. The van der Waals surface area contributed by atoms with E-state index in [-0.39, 0.29) is 11.9 Å². The molecule has 0 bridgehead atoms. The van der Waals surface area contributed by atoms with Gasteiger partial charge >= 0.3 is 0 Å². The van der Waals surface area contributed by atoms with Crippen LogP contribution in [0.3, 0.4) is 0 Å². The second-order valence-electron chi connectivity index (χ2n) is 6.42. The molecular weight excluding hydrogens is 371 g/mol. The molecule has 9 heteroatoms. The fourth-order valence-electron chi connectivity index (χ4n) is 3.32. The monoisotopic (exact) mass is 390 g/mol. The molecule has 5 N–H and O–H groups in total. The molecule has 27 heavy (non-hydrogen) atoms. The number of nitrogens with two attached hydrogens (primary N) is 1. The molecule has 3 heterocycles. The quantitative estimate of drug-likeness (QED) is 0.391. The van der Waals surface area contributed by atoms with Crippen LogP contribution in [-0.4, -0.2) is 32.9 Å². The second-order valence-corrected chi connectivity index (χ2v) is 7.45. The van der Waals surface area contributed by atoms with E-state index in [2.05, 4.69) is 15.3 Å². The number of anilines is 2. The van der Waals surface area contributed by atoms with Crippen LogP contribution in [-0.2, 0) is 11.2 Å². The number of benzene rings is 1. The molecule has 0 aliphatic carbocycles. The lowest BCUT2D eigenvalue weighted by Crippen LogP contribution is -2.14. The number of hydrogen-bond acceptors (Lipinski definition) is 8. The highest BCUT2D eigenvalue weighted by molar-refractivity contribution is 7.19. The average molecular weight is 390 g/mol. The topological polar surface area (TPSA) is 114 Å². The molecule has 142 valence electrons. The van der Waals surface area contributed by atoms with Crippen molar-refractivity contribution in [3.63, 3.8) is 0 Å². The number of ether oxygens (including phenoxy) is 1. The maximum absolute atomic E-state index is 13.3. The highest BCUT2D eigenvalue weighted by atomic mass is 32.1. The third-order valence-corrected chi connectivity index (χ3v) is 5.77. The van der Waals surface area contributed by atoms with E-state index in [1.165, 1.54) is 29.8 Å². The van der Waals surface area contributed by atoms with Gasteiger partial charge < -0.3 is 26.0 Å². The minimum atomic E-state index is -1.13. The molecule has 1 fully saturated rings. The van der Waals surface area contributed by atoms with Crippen molar-refractivity contribution < 1.29 is 19.3 Å². The molecule has 7 nitrogen and oxygen atoms in total. The number of aromatic nitrogens is 2. The van der Waals surface area contributed by atoms with Crippen molar-refractivity contribution in [2.45, 2.75) is 31.6 Å². The first kappa shape index (κ1) is 18.1. The predicted octanol–water partition coefficient (Wildman–Crippen LogP) is 2.95. The van der Waals surface area contributed by atoms with Crippen molar-refractivity contribution in [3.8, 4) is 5.75 Å². The van der Waals surface area contributed by atoms with Crippen molar-refractivity contribution in [2.75, 3.05) is 11.9 Å². The summed E-state index contributed by atoms with van der Waals surface area (Å²) in [4.78, 5) is 9.87. The summed E-state index contributed by atoms with van der Waals surface area (Å²) >= 11 is 1.30. The molecular formula is C18H19FN4O3S. The zero-order chi connectivity index (χ0) is 19.0. The van der Waals surface area contributed by atoms with Crippen LogP contribution < -0.4 is 11.1 Å². The SMILES string of the molecule is NC(O)c1sc2ncnc(Nc3ccc(F)cc3O)c2c1CC1CCCO1. The average Bonchev–Trinajstić information content (AvgIpc) is 3.26. The second kappa shape index (κ2) is 7.35. The summed E-state index contributed by atoms with van der Waals surface area (Å²) < 4.78 is 19.0. The number of thiophene rings is 1. The Hall–Kier alpha value is -2.33. The highest BCUT2D eigenvalue weighted by Gasteiger charge is 2.25. The Morgan fingerprint density at radius 1 is 1.41 bits per heavy atom. The van der Waals surface area contributed by atoms with E-state index in [0.29, 0.717) is 27.6 Å². The Bertz CT molecular complexity index is 973. The van der Waals surface area contributed by atoms with Crippen LogP contribution in [0.2, 0.25) is 0 Å². The van der Waals surface area contributed by atoms with E-state index >= 15 is 0 Å². The molecule has 1 aromatic carbocycles. The lowest BCUT2D eigenvalue weighted by molar-refractivity contribution is 0.111. The molecule has 2 atom stereocenters. The van der Waals surface area contributed by atoms with Crippen LogP contribution in [0.25, 0.3) is 10.2 Å². The van der Waals surface area contributed by atoms with Crippen molar-refractivity contribution >= 4 is 33.1 Å². The molecule has 0 radical (unpaired) electrons. The minimum absolute atomic E-state index is 0.0487. The molecule has 2 aromatic heterocycles. The van der Waals surface area contributed by atoms with Gasteiger partial charge in [0.05, 0.1) is 22.1 Å². The smallest absolute Gasteiger partial charge is 0.142 e. The molecule has 1 saturated heterocycles. The summed E-state index contributed by atoms with van der Waals surface area (Å²) in [5, 5.41) is 23.8. The number of nitrogens with one attached hydrogen (secondary N) is 1. The van der Waals surface area contributed by atoms with E-state index < -0.39 is 12.0 Å². The van der Waals surface area contributed by atoms with Gasteiger partial charge in [-0.25, -0.2) is 14.4 Å². The van der Waals surface area contributed by atoms with Gasteiger partial charge in [-0.3, -0.25) is 0 Å². The van der Waals surface area contributed by atoms with E-state index in [0.717, 1.165) is 36.5 Å². The first-order valence-corrected chi connectivity index (χ1v) is 9.41. The number of phenols is 1. The van der Waals surface area contributed by atoms with Crippen molar-refractivity contribution in [1.82, 2.24) is 9.97 Å². The van der Waals surface area contributed by atoms with Crippen molar-refractivity contribution in [3.05, 3.63) is 40.8 Å². The summed E-state index contributed by atoms with van der Waals surface area (Å²) in [6, 6.07) is 3.70. The number of halogens is 1.